The van der Waals surface area contributed by atoms with E-state index in [1.165, 1.54) is 37.9 Å². The summed E-state index contributed by atoms with van der Waals surface area (Å²) in [5.41, 5.74) is 1.31. The molecule has 2 aliphatic carbocycles. The summed E-state index contributed by atoms with van der Waals surface area (Å²) in [7, 11) is 3.52. The van der Waals surface area contributed by atoms with Crippen LogP contribution in [0.15, 0.2) is 35.6 Å². The molecule has 0 saturated carbocycles. The van der Waals surface area contributed by atoms with Crippen molar-refractivity contribution in [1.82, 2.24) is 10.2 Å². The zero-order valence-electron chi connectivity index (χ0n) is 20.0. The van der Waals surface area contributed by atoms with Crippen molar-refractivity contribution in [3.63, 3.8) is 0 Å². The van der Waals surface area contributed by atoms with E-state index >= 15 is 0 Å². The third-order valence-electron chi connectivity index (χ3n) is 7.37. The minimum atomic E-state index is 0.131. The van der Waals surface area contributed by atoms with Crippen molar-refractivity contribution in [3.05, 3.63) is 35.6 Å². The number of nitrogens with zero attached hydrogens (tertiary/aromatic N) is 1. The average Bonchev–Trinajstić information content (AvgIpc) is 2.79. The van der Waals surface area contributed by atoms with Crippen LogP contribution in [0.3, 0.4) is 0 Å². The van der Waals surface area contributed by atoms with Crippen molar-refractivity contribution < 1.29 is 9.47 Å². The van der Waals surface area contributed by atoms with Gasteiger partial charge in [-0.2, -0.15) is 0 Å². The van der Waals surface area contributed by atoms with Gasteiger partial charge in [-0.15, -0.1) is 11.6 Å². The molecule has 1 saturated heterocycles. The van der Waals surface area contributed by atoms with Crippen LogP contribution in [-0.2, 0) is 9.47 Å². The quantitative estimate of drug-likeness (QED) is 0.368. The molecule has 4 nitrogen and oxygen atoms in total. The van der Waals surface area contributed by atoms with E-state index in [9.17, 15) is 0 Å². The lowest BCUT2D eigenvalue weighted by Gasteiger charge is -2.38. The molecular weight excluding hydrogens is 408 g/mol. The number of nitrogens with one attached hydrogen (secondary N) is 1. The molecule has 3 rings (SSSR count). The topological polar surface area (TPSA) is 33.7 Å². The molecule has 3 unspecified atom stereocenters. The smallest absolute Gasteiger partial charge is 0.0987 e. The monoisotopic (exact) mass is 450 g/mol. The maximum atomic E-state index is 6.23. The van der Waals surface area contributed by atoms with E-state index in [-0.39, 0.29) is 11.5 Å². The second-order valence-corrected chi connectivity index (χ2v) is 10.4. The highest BCUT2D eigenvalue weighted by Gasteiger charge is 2.28. The lowest BCUT2D eigenvalue weighted by atomic mass is 9.79. The third kappa shape index (κ3) is 7.63. The highest BCUT2D eigenvalue weighted by Crippen LogP contribution is 2.33. The first-order valence-electron chi connectivity index (χ1n) is 12.2. The van der Waals surface area contributed by atoms with Gasteiger partial charge >= 0.3 is 0 Å². The van der Waals surface area contributed by atoms with Crippen LogP contribution in [-0.4, -0.2) is 62.8 Å². The summed E-state index contributed by atoms with van der Waals surface area (Å²) in [6, 6.07) is 0.524. The van der Waals surface area contributed by atoms with Gasteiger partial charge in [-0.05, 0) is 81.1 Å². The second kappa shape index (κ2) is 12.4. The van der Waals surface area contributed by atoms with Crippen LogP contribution in [0.4, 0.5) is 0 Å². The molecule has 0 amide bonds. The molecule has 1 fully saturated rings. The summed E-state index contributed by atoms with van der Waals surface area (Å²) in [6.07, 6.45) is 16.1. The number of ether oxygens (including phenoxy) is 2. The fourth-order valence-corrected chi connectivity index (χ4v) is 5.42. The molecule has 0 aromatic rings. The predicted octanol–water partition coefficient (Wildman–Crippen LogP) is 5.15. The second-order valence-electron chi connectivity index (χ2n) is 9.87. The standard InChI is InChI=1S/C26H43ClN2O2/c1-19(2)26(28-12-9-20-15-24(30-3)17-25(16-20)31-4)18-29-13-10-22(11-14-29)21-5-7-23(27)8-6-21/h5,7,15-16,19,21-24,26,28H,6,8-14,17-18H2,1-4H3/t21?,23?,24?,26-/m0/s1. The molecule has 4 atom stereocenters. The van der Waals surface area contributed by atoms with E-state index in [1.54, 1.807) is 14.2 Å². The largest absolute Gasteiger partial charge is 0.501 e. The minimum Gasteiger partial charge on any atom is -0.501 e. The van der Waals surface area contributed by atoms with Crippen molar-refractivity contribution in [2.75, 3.05) is 40.4 Å². The third-order valence-corrected chi connectivity index (χ3v) is 7.74. The fourth-order valence-electron chi connectivity index (χ4n) is 5.21. The van der Waals surface area contributed by atoms with Gasteiger partial charge in [-0.3, -0.25) is 0 Å². The number of halogens is 1. The lowest BCUT2D eigenvalue weighted by molar-refractivity contribution is 0.120. The number of hydrogen-bond acceptors (Lipinski definition) is 4. The summed E-state index contributed by atoms with van der Waals surface area (Å²) < 4.78 is 11.0. The Labute approximate surface area is 195 Å². The summed E-state index contributed by atoms with van der Waals surface area (Å²) in [5, 5.41) is 4.10. The maximum absolute atomic E-state index is 6.23. The number of alkyl halides is 1. The highest BCUT2D eigenvalue weighted by molar-refractivity contribution is 6.21. The van der Waals surface area contributed by atoms with E-state index < -0.39 is 0 Å². The van der Waals surface area contributed by atoms with Crippen molar-refractivity contribution in [2.24, 2.45) is 17.8 Å². The molecule has 5 heteroatoms. The Morgan fingerprint density at radius 1 is 1.13 bits per heavy atom. The molecule has 3 aliphatic rings. The number of piperidine rings is 1. The van der Waals surface area contributed by atoms with E-state index in [0.29, 0.717) is 12.0 Å². The average molecular weight is 451 g/mol. The van der Waals surface area contributed by atoms with Crippen LogP contribution in [0.25, 0.3) is 0 Å². The first kappa shape index (κ1) is 24.8. The van der Waals surface area contributed by atoms with Gasteiger partial charge in [0.25, 0.3) is 0 Å². The van der Waals surface area contributed by atoms with Gasteiger partial charge in [0, 0.05) is 26.1 Å². The lowest BCUT2D eigenvalue weighted by Crippen LogP contribution is -2.47. The van der Waals surface area contributed by atoms with Gasteiger partial charge in [-0.25, -0.2) is 0 Å². The van der Waals surface area contributed by atoms with Crippen molar-refractivity contribution in [3.8, 4) is 0 Å². The number of allylic oxidation sites excluding steroid dienone is 3. The Hall–Kier alpha value is -0.810. The summed E-state index contributed by atoms with van der Waals surface area (Å²) >= 11 is 6.23. The number of methoxy groups -OCH3 is 2. The molecule has 1 N–H and O–H groups in total. The molecule has 31 heavy (non-hydrogen) atoms. The molecule has 0 aromatic carbocycles. The van der Waals surface area contributed by atoms with Gasteiger partial charge < -0.3 is 19.7 Å². The number of hydrogen-bond donors (Lipinski definition) is 1. The molecule has 1 heterocycles. The van der Waals surface area contributed by atoms with Crippen LogP contribution in [0, 0.1) is 17.8 Å². The Bertz CT molecular complexity index is 637. The van der Waals surface area contributed by atoms with E-state index in [2.05, 4.69) is 48.4 Å². The number of likely N-dealkylation sites (tertiary alicyclic amines) is 1. The Balaban J connectivity index is 1.43. The van der Waals surface area contributed by atoms with Crippen LogP contribution in [0.2, 0.25) is 0 Å². The Kier molecular flexibility index (Phi) is 9.96. The van der Waals surface area contributed by atoms with Crippen LogP contribution in [0.5, 0.6) is 0 Å². The van der Waals surface area contributed by atoms with E-state index in [4.69, 9.17) is 21.1 Å². The molecule has 0 bridgehead atoms. The summed E-state index contributed by atoms with van der Waals surface area (Å²) in [4.78, 5) is 2.68. The molecule has 0 radical (unpaired) electrons. The summed E-state index contributed by atoms with van der Waals surface area (Å²) in [6.45, 7) is 9.26. The first-order chi connectivity index (χ1) is 15.0. The molecule has 176 valence electrons. The van der Waals surface area contributed by atoms with Crippen molar-refractivity contribution in [1.29, 1.82) is 0 Å². The van der Waals surface area contributed by atoms with Crippen LogP contribution >= 0.6 is 11.6 Å². The Morgan fingerprint density at radius 2 is 1.90 bits per heavy atom. The zero-order valence-corrected chi connectivity index (χ0v) is 20.7. The minimum absolute atomic E-state index is 0.131. The molecule has 0 aromatic heterocycles. The van der Waals surface area contributed by atoms with E-state index in [0.717, 1.165) is 49.9 Å². The van der Waals surface area contributed by atoms with Gasteiger partial charge in [0.15, 0.2) is 0 Å². The van der Waals surface area contributed by atoms with E-state index in [1.807, 2.05) is 0 Å². The van der Waals surface area contributed by atoms with Gasteiger partial charge in [-0.1, -0.05) is 32.1 Å². The van der Waals surface area contributed by atoms with Gasteiger partial charge in [0.05, 0.1) is 24.4 Å². The molecule has 1 aliphatic heterocycles. The van der Waals surface area contributed by atoms with Crippen LogP contribution in [0.1, 0.15) is 52.4 Å². The summed E-state index contributed by atoms with van der Waals surface area (Å²) in [5.74, 6) is 3.23. The fraction of sp³-hybridized carbons (Fsp3) is 0.769. The van der Waals surface area contributed by atoms with Crippen LogP contribution < -0.4 is 5.32 Å². The highest BCUT2D eigenvalue weighted by atomic mass is 35.5. The van der Waals surface area contributed by atoms with Gasteiger partial charge in [0.1, 0.15) is 0 Å². The van der Waals surface area contributed by atoms with Crippen molar-refractivity contribution in [2.45, 2.75) is 69.9 Å². The first-order valence-corrected chi connectivity index (χ1v) is 12.7. The number of rotatable bonds is 10. The predicted molar refractivity (Wildman–Crippen MR) is 131 cm³/mol. The van der Waals surface area contributed by atoms with Crippen molar-refractivity contribution >= 4 is 11.6 Å². The molecular formula is C26H43ClN2O2. The van der Waals surface area contributed by atoms with Gasteiger partial charge in [0.2, 0.25) is 0 Å². The molecule has 0 spiro atoms. The zero-order chi connectivity index (χ0) is 22.2. The maximum Gasteiger partial charge on any atom is 0.0987 e. The Morgan fingerprint density at radius 3 is 2.52 bits per heavy atom. The SMILES string of the molecule is COC1=CC(CCN[C@@H](CN2CCC(C3C=CC(Cl)CC3)CC2)C(C)C)=CC(OC)C1. The normalized spacial score (nSPS) is 29.0.